The number of aryl methyl sites for hydroxylation is 1. The van der Waals surface area contributed by atoms with E-state index in [0.29, 0.717) is 19.5 Å². The van der Waals surface area contributed by atoms with Crippen LogP contribution in [-0.4, -0.2) is 35.2 Å². The van der Waals surface area contributed by atoms with Crippen LogP contribution in [0.15, 0.2) is 18.2 Å². The van der Waals surface area contributed by atoms with Crippen molar-refractivity contribution in [1.29, 1.82) is 0 Å². The highest BCUT2D eigenvalue weighted by atomic mass is 16.3. The van der Waals surface area contributed by atoms with Gasteiger partial charge in [-0.25, -0.2) is 4.79 Å². The van der Waals surface area contributed by atoms with Crippen molar-refractivity contribution >= 4 is 11.7 Å². The zero-order valence-corrected chi connectivity index (χ0v) is 11.1. The first-order valence-electron chi connectivity index (χ1n) is 7.09. The average molecular weight is 260 g/mol. The molecule has 1 aliphatic heterocycles. The number of amides is 2. The number of hydrogen-bond acceptors (Lipinski definition) is 2. The van der Waals surface area contributed by atoms with Crippen LogP contribution in [0.4, 0.5) is 10.5 Å². The van der Waals surface area contributed by atoms with Crippen molar-refractivity contribution in [3.63, 3.8) is 0 Å². The van der Waals surface area contributed by atoms with Gasteiger partial charge in [0.15, 0.2) is 0 Å². The normalized spacial score (nSPS) is 22.2. The lowest BCUT2D eigenvalue weighted by Gasteiger charge is -2.22. The Kier molecular flexibility index (Phi) is 3.42. The Bertz CT molecular complexity index is 487. The number of fused-ring (bicyclic) bond motifs is 1. The van der Waals surface area contributed by atoms with Gasteiger partial charge < -0.3 is 15.3 Å². The van der Waals surface area contributed by atoms with Crippen LogP contribution < -0.4 is 5.32 Å². The van der Waals surface area contributed by atoms with Crippen LogP contribution in [0.5, 0.6) is 0 Å². The van der Waals surface area contributed by atoms with E-state index in [1.807, 2.05) is 12.1 Å². The van der Waals surface area contributed by atoms with Crippen molar-refractivity contribution < 1.29 is 9.90 Å². The standard InChI is InChI=1S/C15H20N2O2/c18-12-8-9-17(10-12)15(19)16-14-7-3-5-11-4-1-2-6-13(11)14/h3,5,7,12,18H,1-2,4,6,8-10H2,(H,16,19)/t12-/m1/s1. The van der Waals surface area contributed by atoms with Crippen LogP contribution in [-0.2, 0) is 12.8 Å². The van der Waals surface area contributed by atoms with Crippen molar-refractivity contribution in [3.05, 3.63) is 29.3 Å². The van der Waals surface area contributed by atoms with Crippen molar-refractivity contribution in [3.8, 4) is 0 Å². The summed E-state index contributed by atoms with van der Waals surface area (Å²) in [7, 11) is 0. The Morgan fingerprint density at radius 2 is 2.16 bits per heavy atom. The second-order valence-electron chi connectivity index (χ2n) is 5.47. The van der Waals surface area contributed by atoms with E-state index in [1.165, 1.54) is 24.0 Å². The molecule has 1 saturated heterocycles. The van der Waals surface area contributed by atoms with E-state index in [0.717, 1.165) is 18.5 Å². The second kappa shape index (κ2) is 5.21. The average Bonchev–Trinajstić information content (AvgIpc) is 2.86. The number of nitrogens with one attached hydrogen (secondary N) is 1. The fourth-order valence-corrected chi connectivity index (χ4v) is 3.02. The summed E-state index contributed by atoms with van der Waals surface area (Å²) in [6.45, 7) is 1.09. The topological polar surface area (TPSA) is 52.6 Å². The highest BCUT2D eigenvalue weighted by Crippen LogP contribution is 2.28. The smallest absolute Gasteiger partial charge is 0.321 e. The first kappa shape index (κ1) is 12.5. The molecule has 0 bridgehead atoms. The molecule has 4 nitrogen and oxygen atoms in total. The minimum absolute atomic E-state index is 0.0875. The summed E-state index contributed by atoms with van der Waals surface area (Å²) in [4.78, 5) is 13.8. The maximum atomic E-state index is 12.1. The first-order chi connectivity index (χ1) is 9.24. The second-order valence-corrected chi connectivity index (χ2v) is 5.47. The molecule has 1 fully saturated rings. The Labute approximate surface area is 113 Å². The molecule has 102 valence electrons. The Balaban J connectivity index is 1.74. The van der Waals surface area contributed by atoms with Gasteiger partial charge in [-0.3, -0.25) is 0 Å². The largest absolute Gasteiger partial charge is 0.391 e. The lowest BCUT2D eigenvalue weighted by Crippen LogP contribution is -2.34. The van der Waals surface area contributed by atoms with Gasteiger partial charge in [0.25, 0.3) is 0 Å². The Morgan fingerprint density at radius 3 is 2.95 bits per heavy atom. The van der Waals surface area contributed by atoms with E-state index in [4.69, 9.17) is 0 Å². The summed E-state index contributed by atoms with van der Waals surface area (Å²) >= 11 is 0. The number of carbonyl (C=O) groups excluding carboxylic acids is 1. The lowest BCUT2D eigenvalue weighted by molar-refractivity contribution is 0.176. The van der Waals surface area contributed by atoms with Crippen molar-refractivity contribution in [2.24, 2.45) is 0 Å². The predicted octanol–water partition coefficient (Wildman–Crippen LogP) is 2.16. The van der Waals surface area contributed by atoms with Gasteiger partial charge in [0.1, 0.15) is 0 Å². The number of likely N-dealkylation sites (tertiary alicyclic amines) is 1. The Morgan fingerprint density at radius 1 is 1.32 bits per heavy atom. The van der Waals surface area contributed by atoms with Gasteiger partial charge in [-0.05, 0) is 49.3 Å². The van der Waals surface area contributed by atoms with E-state index in [9.17, 15) is 9.90 Å². The van der Waals surface area contributed by atoms with Crippen LogP contribution in [0.25, 0.3) is 0 Å². The van der Waals surface area contributed by atoms with Gasteiger partial charge in [0, 0.05) is 18.8 Å². The molecular formula is C15H20N2O2. The van der Waals surface area contributed by atoms with Crippen molar-refractivity contribution in [2.75, 3.05) is 18.4 Å². The number of carbonyl (C=O) groups is 1. The fraction of sp³-hybridized carbons (Fsp3) is 0.533. The Hall–Kier alpha value is -1.55. The maximum absolute atomic E-state index is 12.1. The molecular weight excluding hydrogens is 240 g/mol. The number of rotatable bonds is 1. The van der Waals surface area contributed by atoms with E-state index < -0.39 is 0 Å². The van der Waals surface area contributed by atoms with Crippen LogP contribution in [0.1, 0.15) is 30.4 Å². The van der Waals surface area contributed by atoms with Crippen LogP contribution >= 0.6 is 0 Å². The SMILES string of the molecule is O=C(Nc1cccc2c1CCCC2)N1CC[C@@H](O)C1. The van der Waals surface area contributed by atoms with E-state index in [2.05, 4.69) is 11.4 Å². The van der Waals surface area contributed by atoms with E-state index >= 15 is 0 Å². The molecule has 4 heteroatoms. The number of aliphatic hydroxyl groups is 1. The van der Waals surface area contributed by atoms with Crippen LogP contribution in [0.2, 0.25) is 0 Å². The quantitative estimate of drug-likeness (QED) is 0.813. The van der Waals surface area contributed by atoms with Crippen molar-refractivity contribution in [2.45, 2.75) is 38.2 Å². The van der Waals surface area contributed by atoms with Gasteiger partial charge in [-0.2, -0.15) is 0 Å². The predicted molar refractivity (Wildman–Crippen MR) is 74.3 cm³/mol. The molecule has 0 aromatic heterocycles. The molecule has 1 heterocycles. The zero-order valence-electron chi connectivity index (χ0n) is 11.1. The first-order valence-corrected chi connectivity index (χ1v) is 7.09. The van der Waals surface area contributed by atoms with Gasteiger partial charge in [-0.15, -0.1) is 0 Å². The minimum atomic E-state index is -0.365. The monoisotopic (exact) mass is 260 g/mol. The number of anilines is 1. The summed E-state index contributed by atoms with van der Waals surface area (Å²) in [5.41, 5.74) is 3.61. The molecule has 1 aliphatic carbocycles. The van der Waals surface area contributed by atoms with Gasteiger partial charge in [0.2, 0.25) is 0 Å². The van der Waals surface area contributed by atoms with E-state index in [1.54, 1.807) is 4.90 Å². The van der Waals surface area contributed by atoms with Gasteiger partial charge in [-0.1, -0.05) is 12.1 Å². The van der Waals surface area contributed by atoms with Gasteiger partial charge in [0.05, 0.1) is 6.10 Å². The summed E-state index contributed by atoms with van der Waals surface area (Å²) in [6, 6.07) is 6.06. The molecule has 19 heavy (non-hydrogen) atoms. The minimum Gasteiger partial charge on any atom is -0.391 e. The highest BCUT2D eigenvalue weighted by Gasteiger charge is 2.25. The molecule has 1 atom stereocenters. The number of nitrogens with zero attached hydrogens (tertiary/aromatic N) is 1. The molecule has 1 aromatic carbocycles. The van der Waals surface area contributed by atoms with Crippen LogP contribution in [0.3, 0.4) is 0 Å². The summed E-state index contributed by atoms with van der Waals surface area (Å²) < 4.78 is 0. The lowest BCUT2D eigenvalue weighted by atomic mass is 9.90. The molecule has 2 amide bonds. The molecule has 2 aliphatic rings. The maximum Gasteiger partial charge on any atom is 0.321 e. The molecule has 2 N–H and O–H groups in total. The number of hydrogen-bond donors (Lipinski definition) is 2. The summed E-state index contributed by atoms with van der Waals surface area (Å²) in [6.07, 6.45) is 4.91. The third-order valence-corrected chi connectivity index (χ3v) is 4.09. The molecule has 0 spiro atoms. The third kappa shape index (κ3) is 2.59. The molecule has 0 saturated carbocycles. The van der Waals surface area contributed by atoms with Crippen LogP contribution in [0, 0.1) is 0 Å². The number of benzene rings is 1. The van der Waals surface area contributed by atoms with E-state index in [-0.39, 0.29) is 12.1 Å². The molecule has 0 unspecified atom stereocenters. The number of urea groups is 1. The summed E-state index contributed by atoms with van der Waals surface area (Å²) in [5, 5.41) is 12.5. The zero-order chi connectivity index (χ0) is 13.2. The molecule has 3 rings (SSSR count). The number of β-amino-alcohol motifs (C(OH)–C–C–N with tert-alkyl or cyclic N) is 1. The molecule has 1 aromatic rings. The number of aliphatic hydroxyl groups excluding tert-OH is 1. The molecule has 0 radical (unpaired) electrons. The third-order valence-electron chi connectivity index (χ3n) is 4.09. The summed E-state index contributed by atoms with van der Waals surface area (Å²) in [5.74, 6) is 0. The van der Waals surface area contributed by atoms with Crippen molar-refractivity contribution in [1.82, 2.24) is 4.90 Å². The fourth-order valence-electron chi connectivity index (χ4n) is 3.02. The van der Waals surface area contributed by atoms with Gasteiger partial charge >= 0.3 is 6.03 Å². The highest BCUT2D eigenvalue weighted by molar-refractivity contribution is 5.90.